The lowest BCUT2D eigenvalue weighted by atomic mass is 10.0. The zero-order valence-corrected chi connectivity index (χ0v) is 14.4. The molecule has 2 saturated heterocycles. The molecule has 0 radical (unpaired) electrons. The third kappa shape index (κ3) is 4.52. The van der Waals surface area contributed by atoms with Gasteiger partial charge in [0.2, 0.25) is 5.91 Å². The zero-order chi connectivity index (χ0) is 15.4. The molecule has 2 N–H and O–H groups in total. The molecule has 128 valence electrons. The molecule has 2 unspecified atom stereocenters. The lowest BCUT2D eigenvalue weighted by Gasteiger charge is -2.35. The Balaban J connectivity index is 0.00000192. The fourth-order valence-electron chi connectivity index (χ4n) is 3.35. The quantitative estimate of drug-likeness (QED) is 0.880. The summed E-state index contributed by atoms with van der Waals surface area (Å²) in [5.74, 6) is 1.04. The number of rotatable bonds is 4. The van der Waals surface area contributed by atoms with Crippen LogP contribution >= 0.6 is 12.4 Å². The summed E-state index contributed by atoms with van der Waals surface area (Å²) in [6.45, 7) is 2.85. The first-order valence-corrected chi connectivity index (χ1v) is 8.19. The summed E-state index contributed by atoms with van der Waals surface area (Å²) in [7, 11) is 1.69. The van der Waals surface area contributed by atoms with Gasteiger partial charge in [-0.05, 0) is 44.4 Å². The van der Waals surface area contributed by atoms with Crippen LogP contribution in [0.2, 0.25) is 0 Å². The summed E-state index contributed by atoms with van der Waals surface area (Å²) in [6, 6.07) is 8.37. The maximum Gasteiger partial charge on any atom is 0.237 e. The highest BCUT2D eigenvalue weighted by molar-refractivity contribution is 5.85. The Kier molecular flexibility index (Phi) is 6.54. The van der Waals surface area contributed by atoms with Crippen molar-refractivity contribution in [3.63, 3.8) is 0 Å². The van der Waals surface area contributed by atoms with Crippen molar-refractivity contribution in [1.29, 1.82) is 0 Å². The van der Waals surface area contributed by atoms with Crippen LogP contribution in [0.5, 0.6) is 5.75 Å². The van der Waals surface area contributed by atoms with Crippen molar-refractivity contribution >= 4 is 24.0 Å². The molecule has 0 saturated carbocycles. The average molecular weight is 340 g/mol. The smallest absolute Gasteiger partial charge is 0.237 e. The molecule has 0 aromatic heterocycles. The van der Waals surface area contributed by atoms with E-state index < -0.39 is 0 Å². The fraction of sp³-hybridized carbons (Fsp3) is 0.588. The van der Waals surface area contributed by atoms with E-state index in [1.54, 1.807) is 7.11 Å². The Morgan fingerprint density at radius 2 is 2.22 bits per heavy atom. The standard InChI is InChI=1S/C17H25N3O2.ClH/c1-22-15-7-2-6-14(11-15)20-10-4-5-13(12-20)19-17(21)16-8-3-9-18-16;/h2,6-7,11,13,16,18H,3-5,8-10,12H2,1H3,(H,19,21);1H. The van der Waals surface area contributed by atoms with Gasteiger partial charge in [-0.25, -0.2) is 0 Å². The van der Waals surface area contributed by atoms with Crippen LogP contribution in [0, 0.1) is 0 Å². The highest BCUT2D eigenvalue weighted by atomic mass is 35.5. The molecule has 3 rings (SSSR count). The number of carbonyl (C=O) groups is 1. The topological polar surface area (TPSA) is 53.6 Å². The first kappa shape index (κ1) is 17.9. The van der Waals surface area contributed by atoms with Gasteiger partial charge in [0.25, 0.3) is 0 Å². The molecule has 0 spiro atoms. The van der Waals surface area contributed by atoms with Crippen molar-refractivity contribution in [1.82, 2.24) is 10.6 Å². The summed E-state index contributed by atoms with van der Waals surface area (Å²) in [5.41, 5.74) is 1.16. The van der Waals surface area contributed by atoms with Gasteiger partial charge in [0.15, 0.2) is 0 Å². The number of halogens is 1. The van der Waals surface area contributed by atoms with E-state index in [4.69, 9.17) is 4.74 Å². The molecule has 23 heavy (non-hydrogen) atoms. The highest BCUT2D eigenvalue weighted by Gasteiger charge is 2.27. The summed E-state index contributed by atoms with van der Waals surface area (Å²) in [4.78, 5) is 14.6. The van der Waals surface area contributed by atoms with Crippen molar-refractivity contribution in [2.45, 2.75) is 37.8 Å². The molecular formula is C17H26ClN3O2. The molecule has 2 atom stereocenters. The van der Waals surface area contributed by atoms with Crippen LogP contribution in [-0.2, 0) is 4.79 Å². The van der Waals surface area contributed by atoms with E-state index in [1.165, 1.54) is 0 Å². The van der Waals surface area contributed by atoms with Crippen molar-refractivity contribution in [3.8, 4) is 5.75 Å². The van der Waals surface area contributed by atoms with E-state index in [-0.39, 0.29) is 30.4 Å². The zero-order valence-electron chi connectivity index (χ0n) is 13.6. The number of nitrogens with one attached hydrogen (secondary N) is 2. The van der Waals surface area contributed by atoms with Gasteiger partial charge in [-0.3, -0.25) is 4.79 Å². The second-order valence-corrected chi connectivity index (χ2v) is 6.14. The van der Waals surface area contributed by atoms with E-state index in [1.807, 2.05) is 12.1 Å². The Labute approximate surface area is 144 Å². The molecule has 2 fully saturated rings. The van der Waals surface area contributed by atoms with Gasteiger partial charge >= 0.3 is 0 Å². The number of carbonyl (C=O) groups excluding carboxylic acids is 1. The Morgan fingerprint density at radius 3 is 2.96 bits per heavy atom. The Morgan fingerprint density at radius 1 is 1.35 bits per heavy atom. The van der Waals surface area contributed by atoms with E-state index in [2.05, 4.69) is 27.7 Å². The van der Waals surface area contributed by atoms with Crippen LogP contribution in [-0.4, -0.2) is 44.7 Å². The number of benzene rings is 1. The maximum atomic E-state index is 12.2. The Bertz CT molecular complexity index is 520. The minimum atomic E-state index is 0. The lowest BCUT2D eigenvalue weighted by molar-refractivity contribution is -0.123. The third-order valence-electron chi connectivity index (χ3n) is 4.56. The fourth-order valence-corrected chi connectivity index (χ4v) is 3.35. The van der Waals surface area contributed by atoms with Gasteiger partial charge in [-0.1, -0.05) is 6.07 Å². The largest absolute Gasteiger partial charge is 0.497 e. The number of nitrogens with zero attached hydrogens (tertiary/aromatic N) is 1. The van der Waals surface area contributed by atoms with Crippen LogP contribution in [0.15, 0.2) is 24.3 Å². The normalized spacial score (nSPS) is 24.0. The van der Waals surface area contributed by atoms with Crippen molar-refractivity contribution in [2.75, 3.05) is 31.6 Å². The first-order valence-electron chi connectivity index (χ1n) is 8.19. The third-order valence-corrected chi connectivity index (χ3v) is 4.56. The molecule has 2 aliphatic heterocycles. The molecule has 5 nitrogen and oxygen atoms in total. The molecule has 0 aliphatic carbocycles. The molecule has 6 heteroatoms. The van der Waals surface area contributed by atoms with Gasteiger partial charge in [0.05, 0.1) is 13.2 Å². The van der Waals surface area contributed by atoms with Gasteiger partial charge in [0, 0.05) is 30.9 Å². The molecule has 1 amide bonds. The Hall–Kier alpha value is -1.46. The van der Waals surface area contributed by atoms with Crippen LogP contribution in [0.4, 0.5) is 5.69 Å². The van der Waals surface area contributed by atoms with Gasteiger partial charge in [-0.2, -0.15) is 0 Å². The van der Waals surface area contributed by atoms with Crippen LogP contribution < -0.4 is 20.3 Å². The predicted molar refractivity (Wildman–Crippen MR) is 94.6 cm³/mol. The number of hydrogen-bond acceptors (Lipinski definition) is 4. The van der Waals surface area contributed by atoms with Gasteiger partial charge in [0.1, 0.15) is 5.75 Å². The van der Waals surface area contributed by atoms with E-state index >= 15 is 0 Å². The molecule has 0 bridgehead atoms. The molecule has 1 aromatic carbocycles. The summed E-state index contributed by atoms with van der Waals surface area (Å²) >= 11 is 0. The van der Waals surface area contributed by atoms with Gasteiger partial charge in [-0.15, -0.1) is 12.4 Å². The van der Waals surface area contributed by atoms with Crippen LogP contribution in [0.3, 0.4) is 0 Å². The predicted octanol–water partition coefficient (Wildman–Crippen LogP) is 1.95. The number of piperidine rings is 1. The summed E-state index contributed by atoms with van der Waals surface area (Å²) in [6.07, 6.45) is 4.20. The number of methoxy groups -OCH3 is 1. The average Bonchev–Trinajstić information content (AvgIpc) is 3.10. The molecular weight excluding hydrogens is 314 g/mol. The summed E-state index contributed by atoms with van der Waals surface area (Å²) in [5, 5.41) is 6.48. The minimum absolute atomic E-state index is 0. The van der Waals surface area contributed by atoms with Crippen LogP contribution in [0.25, 0.3) is 0 Å². The van der Waals surface area contributed by atoms with Crippen molar-refractivity contribution in [3.05, 3.63) is 24.3 Å². The second kappa shape index (κ2) is 8.41. The van der Waals surface area contributed by atoms with E-state index in [0.29, 0.717) is 0 Å². The second-order valence-electron chi connectivity index (χ2n) is 6.14. The van der Waals surface area contributed by atoms with E-state index in [9.17, 15) is 4.79 Å². The first-order chi connectivity index (χ1) is 10.8. The molecule has 1 aromatic rings. The van der Waals surface area contributed by atoms with Gasteiger partial charge < -0.3 is 20.3 Å². The number of amides is 1. The number of ether oxygens (including phenoxy) is 1. The lowest BCUT2D eigenvalue weighted by Crippen LogP contribution is -2.51. The molecule has 2 aliphatic rings. The van der Waals surface area contributed by atoms with Crippen LogP contribution in [0.1, 0.15) is 25.7 Å². The highest BCUT2D eigenvalue weighted by Crippen LogP contribution is 2.24. The summed E-state index contributed by atoms with van der Waals surface area (Å²) < 4.78 is 5.30. The molecule has 2 heterocycles. The number of anilines is 1. The monoisotopic (exact) mass is 339 g/mol. The van der Waals surface area contributed by atoms with Crippen molar-refractivity contribution < 1.29 is 9.53 Å². The van der Waals surface area contributed by atoms with E-state index in [0.717, 1.165) is 56.8 Å². The SMILES string of the molecule is COc1cccc(N2CCCC(NC(=O)C3CCCN3)C2)c1.Cl. The number of hydrogen-bond donors (Lipinski definition) is 2. The minimum Gasteiger partial charge on any atom is -0.497 e. The van der Waals surface area contributed by atoms with Crippen molar-refractivity contribution in [2.24, 2.45) is 0 Å². The maximum absolute atomic E-state index is 12.2.